The Bertz CT molecular complexity index is 591. The summed E-state index contributed by atoms with van der Waals surface area (Å²) in [6, 6.07) is 7.72. The van der Waals surface area contributed by atoms with E-state index in [0.29, 0.717) is 5.82 Å². The third-order valence-electron chi connectivity index (χ3n) is 2.97. The molecule has 20 heavy (non-hydrogen) atoms. The highest BCUT2D eigenvalue weighted by Crippen LogP contribution is 2.17. The van der Waals surface area contributed by atoms with Gasteiger partial charge in [0.05, 0.1) is 6.04 Å². The van der Waals surface area contributed by atoms with Gasteiger partial charge in [0.25, 0.3) is 5.91 Å². The van der Waals surface area contributed by atoms with E-state index in [2.05, 4.69) is 36.4 Å². The fourth-order valence-corrected chi connectivity index (χ4v) is 1.99. The van der Waals surface area contributed by atoms with Gasteiger partial charge in [-0.15, -0.1) is 5.10 Å². The summed E-state index contributed by atoms with van der Waals surface area (Å²) in [5, 5.41) is 9.61. The number of nitrogens with one attached hydrogen (secondary N) is 2. The molecule has 2 N–H and O–H groups in total. The van der Waals surface area contributed by atoms with Gasteiger partial charge in [0.1, 0.15) is 5.82 Å². The summed E-state index contributed by atoms with van der Waals surface area (Å²) < 4.78 is 1.01. The van der Waals surface area contributed by atoms with Crippen LogP contribution in [0.1, 0.15) is 54.7 Å². The first-order valence-corrected chi connectivity index (χ1v) is 7.25. The van der Waals surface area contributed by atoms with Crippen molar-refractivity contribution in [1.82, 2.24) is 20.5 Å². The van der Waals surface area contributed by atoms with E-state index >= 15 is 0 Å². The van der Waals surface area contributed by atoms with E-state index in [1.54, 1.807) is 0 Å². The van der Waals surface area contributed by atoms with Gasteiger partial charge in [-0.25, -0.2) is 4.98 Å². The lowest BCUT2D eigenvalue weighted by Crippen LogP contribution is -2.27. The van der Waals surface area contributed by atoms with Crippen molar-refractivity contribution < 1.29 is 4.79 Å². The second kappa shape index (κ2) is 6.17. The fraction of sp³-hybridized carbons (Fsp3) is 0.357. The number of hydrogen-bond donors (Lipinski definition) is 2. The minimum atomic E-state index is -0.274. The van der Waals surface area contributed by atoms with Crippen LogP contribution in [0.15, 0.2) is 28.7 Å². The lowest BCUT2D eigenvalue weighted by atomic mass is 10.1. The number of benzene rings is 1. The van der Waals surface area contributed by atoms with E-state index in [-0.39, 0.29) is 23.7 Å². The van der Waals surface area contributed by atoms with Crippen LogP contribution in [0.3, 0.4) is 0 Å². The van der Waals surface area contributed by atoms with Crippen molar-refractivity contribution in [2.45, 2.75) is 32.7 Å². The maximum Gasteiger partial charge on any atom is 0.291 e. The van der Waals surface area contributed by atoms with E-state index in [9.17, 15) is 4.79 Å². The number of aromatic nitrogens is 3. The van der Waals surface area contributed by atoms with Crippen LogP contribution in [0.25, 0.3) is 0 Å². The first kappa shape index (κ1) is 14.7. The zero-order valence-corrected chi connectivity index (χ0v) is 13.2. The first-order chi connectivity index (χ1) is 9.47. The smallest absolute Gasteiger partial charge is 0.291 e. The molecule has 1 amide bonds. The van der Waals surface area contributed by atoms with Gasteiger partial charge in [-0.3, -0.25) is 9.89 Å². The van der Waals surface area contributed by atoms with Gasteiger partial charge < -0.3 is 5.32 Å². The summed E-state index contributed by atoms with van der Waals surface area (Å²) in [4.78, 5) is 16.3. The van der Waals surface area contributed by atoms with Crippen molar-refractivity contribution in [3.8, 4) is 0 Å². The molecule has 0 fully saturated rings. The Labute approximate surface area is 126 Å². The van der Waals surface area contributed by atoms with Crippen molar-refractivity contribution in [3.05, 3.63) is 46.0 Å². The minimum absolute atomic E-state index is 0.100. The Hall–Kier alpha value is -1.69. The van der Waals surface area contributed by atoms with Crippen LogP contribution in [-0.2, 0) is 0 Å². The van der Waals surface area contributed by atoms with Gasteiger partial charge in [0, 0.05) is 10.4 Å². The summed E-state index contributed by atoms with van der Waals surface area (Å²) >= 11 is 3.39. The number of carbonyl (C=O) groups is 1. The summed E-state index contributed by atoms with van der Waals surface area (Å²) in [6.07, 6.45) is 0. The molecule has 5 nitrogen and oxygen atoms in total. The zero-order chi connectivity index (χ0) is 14.7. The van der Waals surface area contributed by atoms with Crippen molar-refractivity contribution in [2.75, 3.05) is 0 Å². The van der Waals surface area contributed by atoms with Crippen LogP contribution in [0.5, 0.6) is 0 Å². The van der Waals surface area contributed by atoms with Crippen molar-refractivity contribution in [2.24, 2.45) is 0 Å². The van der Waals surface area contributed by atoms with Crippen LogP contribution in [0, 0.1) is 0 Å². The lowest BCUT2D eigenvalue weighted by Gasteiger charge is -2.13. The summed E-state index contributed by atoms with van der Waals surface area (Å²) in [6.45, 7) is 5.91. The Morgan fingerprint density at radius 3 is 2.45 bits per heavy atom. The van der Waals surface area contributed by atoms with Crippen molar-refractivity contribution in [1.29, 1.82) is 0 Å². The number of rotatable bonds is 4. The number of hydrogen-bond acceptors (Lipinski definition) is 3. The van der Waals surface area contributed by atoms with Crippen LogP contribution in [-0.4, -0.2) is 21.1 Å². The third-order valence-corrected chi connectivity index (χ3v) is 3.50. The quantitative estimate of drug-likeness (QED) is 0.900. The molecular formula is C14H17BrN4O. The number of aromatic amines is 1. The predicted molar refractivity (Wildman–Crippen MR) is 80.5 cm³/mol. The van der Waals surface area contributed by atoms with Gasteiger partial charge in [-0.05, 0) is 24.6 Å². The molecule has 1 heterocycles. The third kappa shape index (κ3) is 3.45. The molecule has 1 atom stereocenters. The average molecular weight is 337 g/mol. The van der Waals surface area contributed by atoms with Gasteiger partial charge in [0.2, 0.25) is 5.82 Å². The van der Waals surface area contributed by atoms with Crippen LogP contribution >= 0.6 is 15.9 Å². The molecule has 1 aromatic carbocycles. The van der Waals surface area contributed by atoms with E-state index < -0.39 is 0 Å². The summed E-state index contributed by atoms with van der Waals surface area (Å²) in [7, 11) is 0. The summed E-state index contributed by atoms with van der Waals surface area (Å²) in [5.41, 5.74) is 1.03. The maximum absolute atomic E-state index is 12.1. The molecule has 0 aliphatic rings. The molecule has 2 aromatic rings. The van der Waals surface area contributed by atoms with Crippen LogP contribution in [0.2, 0.25) is 0 Å². The monoisotopic (exact) mass is 336 g/mol. The Morgan fingerprint density at radius 2 is 1.90 bits per heavy atom. The highest BCUT2D eigenvalue weighted by atomic mass is 79.9. The molecular weight excluding hydrogens is 320 g/mol. The normalized spacial score (nSPS) is 12.4. The van der Waals surface area contributed by atoms with E-state index in [1.807, 2.05) is 45.0 Å². The van der Waals surface area contributed by atoms with Gasteiger partial charge in [-0.2, -0.15) is 0 Å². The summed E-state index contributed by atoms with van der Waals surface area (Å²) in [5.74, 6) is 0.834. The molecule has 0 unspecified atom stereocenters. The Kier molecular flexibility index (Phi) is 4.54. The predicted octanol–water partition coefficient (Wildman–Crippen LogP) is 3.18. The molecule has 6 heteroatoms. The molecule has 0 spiro atoms. The molecule has 106 valence electrons. The highest BCUT2D eigenvalue weighted by Gasteiger charge is 2.16. The van der Waals surface area contributed by atoms with Gasteiger partial charge in [-0.1, -0.05) is 41.9 Å². The molecule has 2 rings (SSSR count). The second-order valence-corrected chi connectivity index (χ2v) is 5.86. The molecule has 0 saturated carbocycles. The van der Waals surface area contributed by atoms with Crippen molar-refractivity contribution >= 4 is 21.8 Å². The Morgan fingerprint density at radius 1 is 1.25 bits per heavy atom. The Balaban J connectivity index is 2.04. The average Bonchev–Trinajstić information content (AvgIpc) is 2.89. The van der Waals surface area contributed by atoms with Gasteiger partial charge >= 0.3 is 0 Å². The van der Waals surface area contributed by atoms with E-state index in [1.165, 1.54) is 0 Å². The molecule has 0 radical (unpaired) electrons. The second-order valence-electron chi connectivity index (χ2n) is 4.95. The van der Waals surface area contributed by atoms with Crippen LogP contribution in [0.4, 0.5) is 0 Å². The first-order valence-electron chi connectivity index (χ1n) is 6.46. The maximum atomic E-state index is 12.1. The number of halogens is 1. The lowest BCUT2D eigenvalue weighted by molar-refractivity contribution is 0.0929. The number of H-pyrrole nitrogens is 1. The van der Waals surface area contributed by atoms with E-state index in [4.69, 9.17) is 0 Å². The number of amides is 1. The van der Waals surface area contributed by atoms with Crippen LogP contribution < -0.4 is 5.32 Å². The molecule has 0 saturated heterocycles. The number of carbonyl (C=O) groups excluding carboxylic acids is 1. The fourth-order valence-electron chi connectivity index (χ4n) is 1.73. The SMILES string of the molecule is CC(C)c1nc(C(=O)N[C@H](C)c2ccc(Br)cc2)n[nH]1. The van der Waals surface area contributed by atoms with Gasteiger partial charge in [0.15, 0.2) is 0 Å². The minimum Gasteiger partial charge on any atom is -0.343 e. The zero-order valence-electron chi connectivity index (χ0n) is 11.6. The van der Waals surface area contributed by atoms with E-state index in [0.717, 1.165) is 10.0 Å². The molecule has 0 aliphatic heterocycles. The topological polar surface area (TPSA) is 70.7 Å². The largest absolute Gasteiger partial charge is 0.343 e. The standard InChI is InChI=1S/C14H17BrN4O/c1-8(2)12-17-13(19-18-12)14(20)16-9(3)10-4-6-11(15)7-5-10/h4-9H,1-3H3,(H,16,20)(H,17,18,19)/t9-/m1/s1. The highest BCUT2D eigenvalue weighted by molar-refractivity contribution is 9.10. The molecule has 0 bridgehead atoms. The molecule has 0 aliphatic carbocycles. The number of nitrogens with zero attached hydrogens (tertiary/aromatic N) is 2. The van der Waals surface area contributed by atoms with Crippen molar-refractivity contribution in [3.63, 3.8) is 0 Å². The molecule has 1 aromatic heterocycles.